The van der Waals surface area contributed by atoms with Crippen LogP contribution in [0.4, 0.5) is 39.3 Å². The van der Waals surface area contributed by atoms with E-state index in [2.05, 4.69) is 0 Å². The average molecular weight is 604 g/mol. The third kappa shape index (κ3) is 8.38. The molecule has 0 unspecified atom stereocenters. The third-order valence-electron chi connectivity index (χ3n) is 5.76. The van der Waals surface area contributed by atoms with Crippen LogP contribution >= 0.6 is 0 Å². The topological polar surface area (TPSA) is 26.3 Å². The highest BCUT2D eigenvalue weighted by atomic mass is 32.2. The van der Waals surface area contributed by atoms with Gasteiger partial charge in [0.15, 0.2) is 19.7 Å². The van der Waals surface area contributed by atoms with Crippen LogP contribution in [0.2, 0.25) is 0 Å². The van der Waals surface area contributed by atoms with Crippen LogP contribution in [-0.4, -0.2) is 14.1 Å². The largest absolute Gasteiger partial charge is 0.509 e. The molecule has 4 rings (SSSR count). The second kappa shape index (κ2) is 12.4. The number of hydrogen-bond acceptors (Lipinski definition) is 2. The lowest BCUT2D eigenvalue weighted by atomic mass is 9.78. The fourth-order valence-electron chi connectivity index (χ4n) is 3.71. The van der Waals surface area contributed by atoms with E-state index in [1.165, 1.54) is 0 Å². The highest BCUT2D eigenvalue weighted by Crippen LogP contribution is 2.36. The van der Waals surface area contributed by atoms with Crippen LogP contribution in [0.1, 0.15) is 16.7 Å². The van der Waals surface area contributed by atoms with Crippen molar-refractivity contribution in [3.05, 3.63) is 120 Å². The van der Waals surface area contributed by atoms with Crippen molar-refractivity contribution in [1.29, 1.82) is 0 Å². The number of benzene rings is 4. The minimum atomic E-state index is -5.95. The molecule has 0 saturated carbocycles. The fraction of sp³-hybridized carbons (Fsp3) is 0.143. The summed E-state index contributed by atoms with van der Waals surface area (Å²) in [6.45, 7) is -5.95. The maximum atomic E-state index is 13.9. The lowest BCUT2D eigenvalue weighted by Gasteiger charge is -2.19. The zero-order chi connectivity index (χ0) is 30.5. The van der Waals surface area contributed by atoms with Gasteiger partial charge in [0.05, 0.1) is 18.2 Å². The van der Waals surface area contributed by atoms with E-state index in [1.807, 2.05) is 84.9 Å². The van der Waals surface area contributed by atoms with E-state index in [4.69, 9.17) is 4.74 Å². The molecule has 13 heteroatoms. The highest BCUT2D eigenvalue weighted by Gasteiger charge is 2.39. The Morgan fingerprint density at radius 1 is 0.659 bits per heavy atom. The van der Waals surface area contributed by atoms with Gasteiger partial charge >= 0.3 is 19.3 Å². The van der Waals surface area contributed by atoms with Crippen LogP contribution in [0.15, 0.2) is 113 Å². The number of ether oxygens (including phenoxy) is 1. The van der Waals surface area contributed by atoms with Crippen LogP contribution in [0, 0.1) is 0 Å². The molecular formula is C28H22BF9O2S. The molecule has 2 nitrogen and oxygen atoms in total. The van der Waals surface area contributed by atoms with Crippen molar-refractivity contribution in [2.75, 3.05) is 7.11 Å². The molecule has 41 heavy (non-hydrogen) atoms. The van der Waals surface area contributed by atoms with Gasteiger partial charge in [-0.05, 0) is 42.5 Å². The SMILES string of the molecule is COc1ccc(C[S+](=O)(c2ccccc2)c2ccccc2)cc1.F[B-](F)(F)c1cc(C(F)(F)F)cc(C(F)(F)F)c1. The van der Waals surface area contributed by atoms with Crippen LogP contribution in [-0.2, 0) is 32.2 Å². The molecule has 0 aromatic heterocycles. The second-order valence-electron chi connectivity index (χ2n) is 8.71. The highest BCUT2D eigenvalue weighted by molar-refractivity contribution is 8.02. The zero-order valence-corrected chi connectivity index (χ0v) is 22.0. The van der Waals surface area contributed by atoms with Crippen molar-refractivity contribution in [3.8, 4) is 5.75 Å². The number of rotatable bonds is 6. The zero-order valence-electron chi connectivity index (χ0n) is 21.2. The minimum absolute atomic E-state index is 0.338. The summed E-state index contributed by atoms with van der Waals surface area (Å²) in [7, 11) is -0.715. The molecule has 218 valence electrons. The van der Waals surface area contributed by atoms with Gasteiger partial charge in [-0.15, -0.1) is 5.46 Å². The van der Waals surface area contributed by atoms with Gasteiger partial charge in [-0.3, -0.25) is 0 Å². The van der Waals surface area contributed by atoms with Crippen molar-refractivity contribution < 1.29 is 48.2 Å². The van der Waals surface area contributed by atoms with Crippen LogP contribution in [0.25, 0.3) is 0 Å². The van der Waals surface area contributed by atoms with Gasteiger partial charge in [-0.25, -0.2) is 0 Å². The van der Waals surface area contributed by atoms with Crippen LogP contribution < -0.4 is 10.2 Å². The van der Waals surface area contributed by atoms with Gasteiger partial charge < -0.3 is 17.7 Å². The van der Waals surface area contributed by atoms with Gasteiger partial charge in [0.25, 0.3) is 0 Å². The predicted octanol–water partition coefficient (Wildman–Crippen LogP) is 8.59. The molecule has 0 atom stereocenters. The van der Waals surface area contributed by atoms with Crippen molar-refractivity contribution in [3.63, 3.8) is 0 Å². The van der Waals surface area contributed by atoms with E-state index in [0.29, 0.717) is 5.75 Å². The summed E-state index contributed by atoms with van der Waals surface area (Å²) in [5, 5.41) is 0. The third-order valence-corrected chi connectivity index (χ3v) is 8.57. The molecule has 0 amide bonds. The van der Waals surface area contributed by atoms with E-state index in [9.17, 15) is 43.5 Å². The molecule has 0 spiro atoms. The Hall–Kier alpha value is -3.74. The predicted molar refractivity (Wildman–Crippen MR) is 139 cm³/mol. The first-order chi connectivity index (χ1) is 19.0. The smallest absolute Gasteiger partial charge is 0.497 e. The molecule has 0 aliphatic carbocycles. The molecule has 4 aromatic rings. The van der Waals surface area contributed by atoms with Gasteiger partial charge in [-0.2, -0.15) is 26.3 Å². The first-order valence-corrected chi connectivity index (χ1v) is 13.5. The van der Waals surface area contributed by atoms with Crippen molar-refractivity contribution in [2.24, 2.45) is 0 Å². The molecule has 4 aromatic carbocycles. The summed E-state index contributed by atoms with van der Waals surface area (Å²) < 4.78 is 129. The lowest BCUT2D eigenvalue weighted by Crippen LogP contribution is -2.36. The molecule has 0 heterocycles. The maximum Gasteiger partial charge on any atom is 0.509 e. The summed E-state index contributed by atoms with van der Waals surface area (Å²) in [6.07, 6.45) is -10.6. The summed E-state index contributed by atoms with van der Waals surface area (Å²) in [5.41, 5.74) is -4.86. The molecule has 0 saturated heterocycles. The maximum absolute atomic E-state index is 13.9. The number of halogens is 9. The van der Waals surface area contributed by atoms with Gasteiger partial charge in [0, 0.05) is 5.56 Å². The van der Waals surface area contributed by atoms with Crippen molar-refractivity contribution in [2.45, 2.75) is 27.9 Å². The monoisotopic (exact) mass is 604 g/mol. The van der Waals surface area contributed by atoms with E-state index >= 15 is 0 Å². The first-order valence-electron chi connectivity index (χ1n) is 11.8. The minimum Gasteiger partial charge on any atom is -0.497 e. The quantitative estimate of drug-likeness (QED) is 0.125. The number of methoxy groups -OCH3 is 1. The van der Waals surface area contributed by atoms with Crippen LogP contribution in [0.5, 0.6) is 5.75 Å². The fourth-order valence-corrected chi connectivity index (χ4v) is 6.17. The molecular weight excluding hydrogens is 582 g/mol. The summed E-state index contributed by atoms with van der Waals surface area (Å²) in [6, 6.07) is 26.1. The number of hydrogen-bond donors (Lipinski definition) is 0. The van der Waals surface area contributed by atoms with Crippen molar-refractivity contribution in [1.82, 2.24) is 0 Å². The Kier molecular flexibility index (Phi) is 9.63. The molecule has 0 aliphatic heterocycles. The van der Waals surface area contributed by atoms with Gasteiger partial charge in [0.1, 0.15) is 11.5 Å². The first kappa shape index (κ1) is 31.8. The van der Waals surface area contributed by atoms with Crippen LogP contribution in [0.3, 0.4) is 0 Å². The number of alkyl halides is 6. The lowest BCUT2D eigenvalue weighted by molar-refractivity contribution is -0.142. The summed E-state index contributed by atoms with van der Waals surface area (Å²) in [5.74, 6) is 1.28. The van der Waals surface area contributed by atoms with E-state index in [1.54, 1.807) is 7.11 Å². The Bertz CT molecular complexity index is 1350. The summed E-state index contributed by atoms with van der Waals surface area (Å²) >= 11 is 0. The standard InChI is InChI=1S/C20H19O2S.C8H3BF9/c1-22-18-14-12-17(13-15-18)16-23(21,19-8-4-2-5-9-19)20-10-6-3-7-11-20;10-7(11,12)4-1-5(8(13,14)15)3-6(2-4)9(16,17)18/h2-15H,16H2,1H3;1-3H/q+1;-1. The average Bonchev–Trinajstić information content (AvgIpc) is 2.93. The molecule has 0 fully saturated rings. The van der Waals surface area contributed by atoms with Gasteiger partial charge in [0.2, 0.25) is 0 Å². The van der Waals surface area contributed by atoms with Gasteiger partial charge in [-0.1, -0.05) is 64.9 Å². The molecule has 0 radical (unpaired) electrons. The summed E-state index contributed by atoms with van der Waals surface area (Å²) in [4.78, 5) is 1.73. The Morgan fingerprint density at radius 2 is 1.07 bits per heavy atom. The van der Waals surface area contributed by atoms with Crippen molar-refractivity contribution >= 4 is 22.4 Å². The Balaban J connectivity index is 0.000000233. The second-order valence-corrected chi connectivity index (χ2v) is 11.3. The Morgan fingerprint density at radius 3 is 1.41 bits per heavy atom. The molecule has 0 bridgehead atoms. The van der Waals surface area contributed by atoms with E-state index in [0.717, 1.165) is 21.1 Å². The van der Waals surface area contributed by atoms with E-state index in [-0.39, 0.29) is 18.2 Å². The Labute approximate surface area is 231 Å². The van der Waals surface area contributed by atoms with E-state index < -0.39 is 45.9 Å². The molecule has 0 aliphatic rings. The molecule has 0 N–H and O–H groups in total. The normalized spacial score (nSPS) is 12.3.